The lowest BCUT2D eigenvalue weighted by Crippen LogP contribution is -2.14. The first-order valence-electron chi connectivity index (χ1n) is 6.06. The lowest BCUT2D eigenvalue weighted by molar-refractivity contribution is 0.102. The van der Waals surface area contributed by atoms with Crippen molar-refractivity contribution in [3.8, 4) is 0 Å². The van der Waals surface area contributed by atoms with Crippen molar-refractivity contribution in [2.75, 3.05) is 23.5 Å². The number of nitrogens with one attached hydrogen (secondary N) is 2. The van der Waals surface area contributed by atoms with Gasteiger partial charge < -0.3 is 15.8 Å². The maximum Gasteiger partial charge on any atom is 0.411 e. The first-order chi connectivity index (χ1) is 10.1. The lowest BCUT2D eigenvalue weighted by Gasteiger charge is -2.08. The third-order valence-corrected chi connectivity index (χ3v) is 2.57. The standard InChI is InChI=1S/C14H14N4O3/c1-21-14(20)18-11-4-2-3-10(7-11)17-13(19)12-6-5-9(15)8-16-12/h2-8H,15H2,1H3,(H,17,19)(H,18,20). The third kappa shape index (κ3) is 3.93. The Bertz CT molecular complexity index is 656. The van der Waals surface area contributed by atoms with E-state index in [-0.39, 0.29) is 11.6 Å². The molecule has 0 saturated carbocycles. The second-order valence-corrected chi connectivity index (χ2v) is 4.13. The molecule has 108 valence electrons. The minimum Gasteiger partial charge on any atom is -0.453 e. The van der Waals surface area contributed by atoms with Crippen LogP contribution in [0.15, 0.2) is 42.6 Å². The Morgan fingerprint density at radius 3 is 2.48 bits per heavy atom. The maximum atomic E-state index is 12.0. The van der Waals surface area contributed by atoms with Crippen LogP contribution in [0.25, 0.3) is 0 Å². The second kappa shape index (κ2) is 6.38. The van der Waals surface area contributed by atoms with Crippen molar-refractivity contribution in [1.82, 2.24) is 4.98 Å². The fourth-order valence-electron chi connectivity index (χ4n) is 1.58. The minimum absolute atomic E-state index is 0.246. The number of pyridine rings is 1. The summed E-state index contributed by atoms with van der Waals surface area (Å²) in [7, 11) is 1.27. The molecule has 7 nitrogen and oxygen atoms in total. The zero-order valence-corrected chi connectivity index (χ0v) is 11.3. The molecule has 0 bridgehead atoms. The molecule has 4 N–H and O–H groups in total. The number of ether oxygens (including phenoxy) is 1. The average Bonchev–Trinajstić information content (AvgIpc) is 2.48. The van der Waals surface area contributed by atoms with Gasteiger partial charge in [0.25, 0.3) is 5.91 Å². The van der Waals surface area contributed by atoms with Crippen molar-refractivity contribution in [3.05, 3.63) is 48.3 Å². The predicted molar refractivity (Wildman–Crippen MR) is 79.1 cm³/mol. The Morgan fingerprint density at radius 2 is 1.86 bits per heavy atom. The van der Waals surface area contributed by atoms with Gasteiger partial charge in [0.2, 0.25) is 0 Å². The lowest BCUT2D eigenvalue weighted by atomic mass is 10.2. The third-order valence-electron chi connectivity index (χ3n) is 2.57. The van der Waals surface area contributed by atoms with E-state index in [2.05, 4.69) is 20.4 Å². The number of nitrogens with zero attached hydrogens (tertiary/aromatic N) is 1. The molecule has 0 atom stereocenters. The van der Waals surface area contributed by atoms with Gasteiger partial charge in [0.1, 0.15) is 5.69 Å². The molecule has 2 rings (SSSR count). The summed E-state index contributed by atoms with van der Waals surface area (Å²) in [6.07, 6.45) is 0.822. The number of aromatic nitrogens is 1. The van der Waals surface area contributed by atoms with Gasteiger partial charge >= 0.3 is 6.09 Å². The molecule has 2 aromatic rings. The summed E-state index contributed by atoms with van der Waals surface area (Å²) in [5, 5.41) is 5.18. The molecule has 1 aromatic carbocycles. The first kappa shape index (κ1) is 14.3. The van der Waals surface area contributed by atoms with E-state index in [1.165, 1.54) is 19.4 Å². The molecule has 1 heterocycles. The van der Waals surface area contributed by atoms with E-state index in [1.54, 1.807) is 30.3 Å². The minimum atomic E-state index is -0.585. The molecule has 0 unspecified atom stereocenters. The molecule has 0 fully saturated rings. The molecule has 0 radical (unpaired) electrons. The summed E-state index contributed by atoms with van der Waals surface area (Å²) in [6, 6.07) is 9.79. The fraction of sp³-hybridized carbons (Fsp3) is 0.0714. The number of nitrogens with two attached hydrogens (primary N) is 1. The Morgan fingerprint density at radius 1 is 1.14 bits per heavy atom. The number of nitrogen functional groups attached to an aromatic ring is 1. The summed E-state index contributed by atoms with van der Waals surface area (Å²) in [6.45, 7) is 0. The highest BCUT2D eigenvalue weighted by Gasteiger charge is 2.08. The smallest absolute Gasteiger partial charge is 0.411 e. The van der Waals surface area contributed by atoms with Gasteiger partial charge in [-0.3, -0.25) is 10.1 Å². The topological polar surface area (TPSA) is 106 Å². The fourth-order valence-corrected chi connectivity index (χ4v) is 1.58. The molecule has 0 aliphatic carbocycles. The molecule has 2 amide bonds. The van der Waals surface area contributed by atoms with Crippen LogP contribution in [-0.2, 0) is 4.74 Å². The second-order valence-electron chi connectivity index (χ2n) is 4.13. The van der Waals surface area contributed by atoms with Crippen LogP contribution in [0.5, 0.6) is 0 Å². The number of rotatable bonds is 3. The number of hydrogen-bond acceptors (Lipinski definition) is 5. The number of carbonyl (C=O) groups excluding carboxylic acids is 2. The molecular formula is C14H14N4O3. The Labute approximate surface area is 121 Å². The molecule has 21 heavy (non-hydrogen) atoms. The van der Waals surface area contributed by atoms with Crippen molar-refractivity contribution in [3.63, 3.8) is 0 Å². The zero-order chi connectivity index (χ0) is 15.2. The molecule has 0 spiro atoms. The summed E-state index contributed by atoms with van der Waals surface area (Å²) < 4.78 is 4.50. The van der Waals surface area contributed by atoms with E-state index in [0.29, 0.717) is 17.1 Å². The summed E-state index contributed by atoms with van der Waals surface area (Å²) in [5.74, 6) is -0.370. The normalized spacial score (nSPS) is 9.76. The Balaban J connectivity index is 2.08. The molecular weight excluding hydrogens is 272 g/mol. The van der Waals surface area contributed by atoms with Crippen molar-refractivity contribution in [2.24, 2.45) is 0 Å². The van der Waals surface area contributed by atoms with E-state index in [0.717, 1.165) is 0 Å². The van der Waals surface area contributed by atoms with Crippen LogP contribution >= 0.6 is 0 Å². The Kier molecular flexibility index (Phi) is 4.35. The SMILES string of the molecule is COC(=O)Nc1cccc(NC(=O)c2ccc(N)cn2)c1. The van der Waals surface area contributed by atoms with E-state index in [9.17, 15) is 9.59 Å². The van der Waals surface area contributed by atoms with Crippen LogP contribution < -0.4 is 16.4 Å². The van der Waals surface area contributed by atoms with E-state index in [4.69, 9.17) is 5.73 Å². The summed E-state index contributed by atoms with van der Waals surface area (Å²) in [4.78, 5) is 27.0. The molecule has 0 saturated heterocycles. The van der Waals surface area contributed by atoms with E-state index >= 15 is 0 Å². The van der Waals surface area contributed by atoms with E-state index < -0.39 is 6.09 Å². The molecule has 7 heteroatoms. The van der Waals surface area contributed by atoms with Gasteiger partial charge in [-0.25, -0.2) is 9.78 Å². The van der Waals surface area contributed by atoms with Crippen LogP contribution in [-0.4, -0.2) is 24.1 Å². The Hall–Kier alpha value is -3.09. The van der Waals surface area contributed by atoms with Gasteiger partial charge in [0.05, 0.1) is 19.0 Å². The van der Waals surface area contributed by atoms with Crippen LogP contribution in [0, 0.1) is 0 Å². The van der Waals surface area contributed by atoms with Gasteiger partial charge in [0.15, 0.2) is 0 Å². The highest BCUT2D eigenvalue weighted by Crippen LogP contribution is 2.16. The monoisotopic (exact) mass is 286 g/mol. The average molecular weight is 286 g/mol. The molecule has 1 aromatic heterocycles. The van der Waals surface area contributed by atoms with Crippen molar-refractivity contribution < 1.29 is 14.3 Å². The molecule has 0 aliphatic heterocycles. The van der Waals surface area contributed by atoms with Crippen molar-refractivity contribution >= 4 is 29.1 Å². The van der Waals surface area contributed by atoms with Gasteiger partial charge in [-0.15, -0.1) is 0 Å². The van der Waals surface area contributed by atoms with Gasteiger partial charge in [0, 0.05) is 11.4 Å². The van der Waals surface area contributed by atoms with Crippen molar-refractivity contribution in [1.29, 1.82) is 0 Å². The number of benzene rings is 1. The highest BCUT2D eigenvalue weighted by molar-refractivity contribution is 6.03. The van der Waals surface area contributed by atoms with Crippen molar-refractivity contribution in [2.45, 2.75) is 0 Å². The summed E-state index contributed by atoms with van der Waals surface area (Å²) >= 11 is 0. The highest BCUT2D eigenvalue weighted by atomic mass is 16.5. The first-order valence-corrected chi connectivity index (χ1v) is 6.06. The number of hydrogen-bond donors (Lipinski definition) is 3. The van der Waals surface area contributed by atoms with Gasteiger partial charge in [-0.2, -0.15) is 0 Å². The number of methoxy groups -OCH3 is 1. The van der Waals surface area contributed by atoms with Crippen LogP contribution in [0.2, 0.25) is 0 Å². The van der Waals surface area contributed by atoms with Crippen LogP contribution in [0.4, 0.5) is 21.9 Å². The number of carbonyl (C=O) groups is 2. The van der Waals surface area contributed by atoms with Gasteiger partial charge in [-0.1, -0.05) is 6.07 Å². The zero-order valence-electron chi connectivity index (χ0n) is 11.3. The maximum absolute atomic E-state index is 12.0. The largest absolute Gasteiger partial charge is 0.453 e. The van der Waals surface area contributed by atoms with Crippen LogP contribution in [0.1, 0.15) is 10.5 Å². The number of anilines is 3. The molecule has 0 aliphatic rings. The van der Waals surface area contributed by atoms with Gasteiger partial charge in [-0.05, 0) is 30.3 Å². The quantitative estimate of drug-likeness (QED) is 0.801. The van der Waals surface area contributed by atoms with Crippen LogP contribution in [0.3, 0.4) is 0 Å². The predicted octanol–water partition coefficient (Wildman–Crippen LogP) is 2.09. The van der Waals surface area contributed by atoms with E-state index in [1.807, 2.05) is 0 Å². The number of amides is 2. The summed E-state index contributed by atoms with van der Waals surface area (Å²) in [5.41, 5.74) is 7.27.